The lowest BCUT2D eigenvalue weighted by molar-refractivity contribution is 0.949. The molecule has 0 saturated heterocycles. The number of hydrogen-bond donors (Lipinski definition) is 2. The normalized spacial score (nSPS) is 37.2. The first-order valence-electron chi connectivity index (χ1n) is 4.85. The Morgan fingerprint density at radius 1 is 0.688 bits per heavy atom. The van der Waals surface area contributed by atoms with Crippen LogP contribution < -0.4 is 11.5 Å². The van der Waals surface area contributed by atoms with Gasteiger partial charge in [0.1, 0.15) is 8.90 Å². The molecule has 4 N–H and O–H groups in total. The third kappa shape index (κ3) is 2.83. The summed E-state index contributed by atoms with van der Waals surface area (Å²) >= 11 is 6.76. The molecule has 16 heavy (non-hydrogen) atoms. The molecule has 0 fully saturated rings. The molecule has 0 spiro atoms. The highest BCUT2D eigenvalue weighted by Crippen LogP contribution is 2.27. The van der Waals surface area contributed by atoms with E-state index in [0.717, 1.165) is 11.1 Å². The summed E-state index contributed by atoms with van der Waals surface area (Å²) in [5.74, 6) is 0. The van der Waals surface area contributed by atoms with Crippen LogP contribution in [0.3, 0.4) is 0 Å². The maximum atomic E-state index is 5.87. The molecule has 0 saturated carbocycles. The molecule has 0 amide bonds. The van der Waals surface area contributed by atoms with Gasteiger partial charge < -0.3 is 11.5 Å². The van der Waals surface area contributed by atoms with Gasteiger partial charge in [-0.25, -0.2) is 0 Å². The van der Waals surface area contributed by atoms with Crippen LogP contribution in [0.15, 0.2) is 59.8 Å². The number of allylic oxidation sites excluding steroid dienone is 6. The third-order valence-corrected chi connectivity index (χ3v) is 3.46. The van der Waals surface area contributed by atoms with Gasteiger partial charge in [-0.3, -0.25) is 0 Å². The Balaban J connectivity index is 2.28. The van der Waals surface area contributed by atoms with Crippen molar-refractivity contribution in [1.29, 1.82) is 0 Å². The second-order valence-corrected chi connectivity index (χ2v) is 6.65. The summed E-state index contributed by atoms with van der Waals surface area (Å²) in [6.45, 7) is 0. The standard InChI is InChI=1S/C12H12Br2N2/c13-11(15)5-1-9(2-6-11)10-3-7-12(14,16)8-4-10/h1-8H,15-16H2. The zero-order valence-corrected chi connectivity index (χ0v) is 11.7. The first kappa shape index (κ1) is 12.0. The number of halogens is 2. The monoisotopic (exact) mass is 342 g/mol. The van der Waals surface area contributed by atoms with Crippen molar-refractivity contribution in [2.45, 2.75) is 8.90 Å². The van der Waals surface area contributed by atoms with Gasteiger partial charge in [-0.1, -0.05) is 56.2 Å². The quantitative estimate of drug-likeness (QED) is 0.524. The van der Waals surface area contributed by atoms with Crippen LogP contribution in [0.25, 0.3) is 0 Å². The number of nitrogens with two attached hydrogens (primary N) is 2. The molecule has 0 aromatic heterocycles. The van der Waals surface area contributed by atoms with E-state index in [4.69, 9.17) is 11.5 Å². The Kier molecular flexibility index (Phi) is 3.09. The van der Waals surface area contributed by atoms with E-state index in [9.17, 15) is 0 Å². The Hall–Kier alpha value is -0.420. The SMILES string of the molecule is NC1(Br)C=CC(=C2C=CC(N)(Br)C=C2)C=C1. The smallest absolute Gasteiger partial charge is 0.110 e. The fraction of sp³-hybridized carbons (Fsp3) is 0.167. The predicted octanol–water partition coefficient (Wildman–Crippen LogP) is 2.63. The minimum Gasteiger partial charge on any atom is -0.310 e. The zero-order chi connectivity index (χ0) is 11.8. The van der Waals surface area contributed by atoms with Crippen LogP contribution in [-0.2, 0) is 0 Å². The Morgan fingerprint density at radius 3 is 1.19 bits per heavy atom. The average Bonchev–Trinajstić information content (AvgIpc) is 2.19. The van der Waals surface area contributed by atoms with Gasteiger partial charge >= 0.3 is 0 Å². The fourth-order valence-electron chi connectivity index (χ4n) is 1.48. The average molecular weight is 344 g/mol. The molecule has 0 aliphatic heterocycles. The molecule has 2 aliphatic rings. The van der Waals surface area contributed by atoms with Crippen LogP contribution in [0.5, 0.6) is 0 Å². The van der Waals surface area contributed by atoms with Gasteiger partial charge in [0.05, 0.1) is 0 Å². The maximum absolute atomic E-state index is 5.87. The molecule has 0 atom stereocenters. The number of rotatable bonds is 0. The highest BCUT2D eigenvalue weighted by molar-refractivity contribution is 9.10. The molecular weight excluding hydrogens is 332 g/mol. The number of hydrogen-bond acceptors (Lipinski definition) is 2. The van der Waals surface area contributed by atoms with E-state index in [1.165, 1.54) is 0 Å². The van der Waals surface area contributed by atoms with Crippen molar-refractivity contribution in [3.05, 3.63) is 59.8 Å². The summed E-state index contributed by atoms with van der Waals surface area (Å²) in [6, 6.07) is 0. The summed E-state index contributed by atoms with van der Waals surface area (Å²) in [5, 5.41) is 0. The molecule has 2 aliphatic carbocycles. The summed E-state index contributed by atoms with van der Waals surface area (Å²) in [6.07, 6.45) is 15.6. The summed E-state index contributed by atoms with van der Waals surface area (Å²) in [5.41, 5.74) is 14.0. The van der Waals surface area contributed by atoms with Crippen molar-refractivity contribution >= 4 is 31.9 Å². The largest absolute Gasteiger partial charge is 0.310 e. The topological polar surface area (TPSA) is 52.0 Å². The molecule has 0 unspecified atom stereocenters. The van der Waals surface area contributed by atoms with Gasteiger partial charge in [-0.15, -0.1) is 0 Å². The van der Waals surface area contributed by atoms with Crippen LogP contribution in [0.2, 0.25) is 0 Å². The molecule has 4 heteroatoms. The van der Waals surface area contributed by atoms with Gasteiger partial charge in [0, 0.05) is 0 Å². The van der Waals surface area contributed by atoms with E-state index in [1.54, 1.807) is 0 Å². The Labute approximate surface area is 112 Å². The van der Waals surface area contributed by atoms with Crippen molar-refractivity contribution < 1.29 is 0 Å². The van der Waals surface area contributed by atoms with Gasteiger partial charge in [0.15, 0.2) is 0 Å². The fourth-order valence-corrected chi connectivity index (χ4v) is 2.01. The lowest BCUT2D eigenvalue weighted by atomic mass is 9.97. The van der Waals surface area contributed by atoms with Gasteiger partial charge in [-0.2, -0.15) is 0 Å². The Morgan fingerprint density at radius 2 is 0.938 bits per heavy atom. The lowest BCUT2D eigenvalue weighted by Crippen LogP contribution is -2.29. The Bertz CT molecular complexity index is 374. The van der Waals surface area contributed by atoms with Crippen LogP contribution >= 0.6 is 31.9 Å². The van der Waals surface area contributed by atoms with Crippen molar-refractivity contribution in [2.24, 2.45) is 11.5 Å². The molecule has 84 valence electrons. The van der Waals surface area contributed by atoms with Crippen LogP contribution in [0, 0.1) is 0 Å². The third-order valence-electron chi connectivity index (χ3n) is 2.41. The second-order valence-electron chi connectivity index (χ2n) is 3.90. The van der Waals surface area contributed by atoms with Crippen LogP contribution in [-0.4, -0.2) is 8.90 Å². The van der Waals surface area contributed by atoms with Gasteiger partial charge in [-0.05, 0) is 35.5 Å². The summed E-state index contributed by atoms with van der Waals surface area (Å²) in [7, 11) is 0. The summed E-state index contributed by atoms with van der Waals surface area (Å²) in [4.78, 5) is 0. The van der Waals surface area contributed by atoms with E-state index in [1.807, 2.05) is 48.6 Å². The van der Waals surface area contributed by atoms with Crippen molar-refractivity contribution in [3.8, 4) is 0 Å². The number of alkyl halides is 2. The second kappa shape index (κ2) is 4.11. The minimum absolute atomic E-state index is 0.522. The van der Waals surface area contributed by atoms with E-state index >= 15 is 0 Å². The van der Waals surface area contributed by atoms with Gasteiger partial charge in [0.2, 0.25) is 0 Å². The molecule has 0 heterocycles. The van der Waals surface area contributed by atoms with E-state index in [0.29, 0.717) is 0 Å². The minimum atomic E-state index is -0.522. The molecule has 0 bridgehead atoms. The highest BCUT2D eigenvalue weighted by atomic mass is 79.9. The van der Waals surface area contributed by atoms with Crippen molar-refractivity contribution in [2.75, 3.05) is 0 Å². The lowest BCUT2D eigenvalue weighted by Gasteiger charge is -2.20. The predicted molar refractivity (Wildman–Crippen MR) is 75.3 cm³/mol. The first-order chi connectivity index (χ1) is 7.38. The molecule has 0 radical (unpaired) electrons. The molecular formula is C12H12Br2N2. The van der Waals surface area contributed by atoms with Crippen molar-refractivity contribution in [1.82, 2.24) is 0 Å². The van der Waals surface area contributed by atoms with Crippen LogP contribution in [0.1, 0.15) is 0 Å². The molecule has 0 aromatic rings. The first-order valence-corrected chi connectivity index (χ1v) is 6.43. The molecule has 2 rings (SSSR count). The molecule has 2 nitrogen and oxygen atoms in total. The van der Waals surface area contributed by atoms with Crippen LogP contribution in [0.4, 0.5) is 0 Å². The van der Waals surface area contributed by atoms with E-state index < -0.39 is 8.90 Å². The summed E-state index contributed by atoms with van der Waals surface area (Å²) < 4.78 is -1.04. The zero-order valence-electron chi connectivity index (χ0n) is 8.53. The van der Waals surface area contributed by atoms with Gasteiger partial charge in [0.25, 0.3) is 0 Å². The van der Waals surface area contributed by atoms with Crippen molar-refractivity contribution in [3.63, 3.8) is 0 Å². The van der Waals surface area contributed by atoms with E-state index in [2.05, 4.69) is 31.9 Å². The highest BCUT2D eigenvalue weighted by Gasteiger charge is 2.18. The maximum Gasteiger partial charge on any atom is 0.110 e. The molecule has 0 aromatic carbocycles. The van der Waals surface area contributed by atoms with E-state index in [-0.39, 0.29) is 0 Å².